The first kappa shape index (κ1) is 27.3. The Kier molecular flexibility index (Phi) is 8.23. The highest BCUT2D eigenvalue weighted by atomic mass is 35.5. The average Bonchev–Trinajstić information content (AvgIpc) is 3.53. The van der Waals surface area contributed by atoms with Crippen molar-refractivity contribution < 1.29 is 9.84 Å². The number of ether oxygens (including phenoxy) is 1. The number of hydrogen-bond acceptors (Lipinski definition) is 7. The van der Waals surface area contributed by atoms with E-state index in [0.717, 1.165) is 50.4 Å². The Hall–Kier alpha value is -3.85. The molecule has 0 unspecified atom stereocenters. The van der Waals surface area contributed by atoms with Gasteiger partial charge >= 0.3 is 5.56 Å². The highest BCUT2D eigenvalue weighted by Gasteiger charge is 2.24. The molecule has 1 aromatic heterocycles. The zero-order chi connectivity index (χ0) is 28.2. The van der Waals surface area contributed by atoms with Gasteiger partial charge in [-0.15, -0.1) is 0 Å². The van der Waals surface area contributed by atoms with E-state index in [1.807, 2.05) is 36.4 Å². The molecule has 2 aliphatic heterocycles. The second kappa shape index (κ2) is 12.3. The minimum absolute atomic E-state index is 0.225. The number of nitrogens with zero attached hydrogens (tertiary/aromatic N) is 5. The summed E-state index contributed by atoms with van der Waals surface area (Å²) < 4.78 is 7.68. The number of phenolic OH excluding ortho intramolecular Hbond substituents is 1. The van der Waals surface area contributed by atoms with Crippen LogP contribution in [0.25, 0.3) is 16.8 Å². The van der Waals surface area contributed by atoms with Crippen LogP contribution < -0.4 is 15.2 Å². The van der Waals surface area contributed by atoms with Crippen LogP contribution in [0.2, 0.25) is 5.02 Å². The van der Waals surface area contributed by atoms with Gasteiger partial charge in [0, 0.05) is 44.3 Å². The third-order valence-electron chi connectivity index (χ3n) is 7.90. The zero-order valence-electron chi connectivity index (χ0n) is 23.0. The zero-order valence-corrected chi connectivity index (χ0v) is 23.7. The molecule has 9 heteroatoms. The fraction of sp³-hybridized carbons (Fsp3) is 0.312. The number of rotatable bonds is 8. The van der Waals surface area contributed by atoms with Gasteiger partial charge in [-0.3, -0.25) is 9.69 Å². The van der Waals surface area contributed by atoms with Crippen LogP contribution in [-0.4, -0.2) is 77.0 Å². The largest absolute Gasteiger partial charge is 0.508 e. The maximum Gasteiger partial charge on any atom is 0.316 e. The number of aromatic nitrogens is 2. The topological polar surface area (TPSA) is 74.1 Å². The Labute approximate surface area is 245 Å². The second-order valence-electron chi connectivity index (χ2n) is 10.6. The van der Waals surface area contributed by atoms with Crippen molar-refractivity contribution in [2.24, 2.45) is 0 Å². The van der Waals surface area contributed by atoms with Crippen molar-refractivity contribution >= 4 is 17.3 Å². The molecule has 0 radical (unpaired) electrons. The van der Waals surface area contributed by atoms with Crippen molar-refractivity contribution in [3.8, 4) is 34.1 Å². The van der Waals surface area contributed by atoms with Gasteiger partial charge in [0.15, 0.2) is 0 Å². The number of piperazine rings is 1. The normalized spacial score (nSPS) is 16.3. The van der Waals surface area contributed by atoms with E-state index in [4.69, 9.17) is 16.3 Å². The molecule has 8 nitrogen and oxygen atoms in total. The highest BCUT2D eigenvalue weighted by Crippen LogP contribution is 2.31. The molecule has 3 heterocycles. The molecule has 41 heavy (non-hydrogen) atoms. The minimum Gasteiger partial charge on any atom is -0.508 e. The average molecular weight is 572 g/mol. The van der Waals surface area contributed by atoms with E-state index in [1.165, 1.54) is 30.6 Å². The van der Waals surface area contributed by atoms with E-state index in [1.54, 1.807) is 42.6 Å². The van der Waals surface area contributed by atoms with Crippen LogP contribution in [0.5, 0.6) is 17.2 Å². The number of halogens is 1. The SMILES string of the molecule is O=c1c(Oc2ccc(-c3ccc(O)cc3)cc2)c(N2CCN(CCN3CCCC3)CC2)cnn1-c1ccc(Cl)cc1. The summed E-state index contributed by atoms with van der Waals surface area (Å²) in [6, 6.07) is 21.7. The van der Waals surface area contributed by atoms with Gasteiger partial charge in [0.1, 0.15) is 17.2 Å². The molecule has 4 aromatic rings. The summed E-state index contributed by atoms with van der Waals surface area (Å²) in [6.45, 7) is 8.06. The van der Waals surface area contributed by atoms with Crippen molar-refractivity contribution in [1.29, 1.82) is 0 Å². The molecule has 0 spiro atoms. The third kappa shape index (κ3) is 6.40. The van der Waals surface area contributed by atoms with Crippen molar-refractivity contribution in [1.82, 2.24) is 19.6 Å². The molecule has 6 rings (SSSR count). The van der Waals surface area contributed by atoms with Crippen LogP contribution in [0.3, 0.4) is 0 Å². The first-order valence-corrected chi connectivity index (χ1v) is 14.6. The van der Waals surface area contributed by atoms with Gasteiger partial charge in [-0.2, -0.15) is 9.78 Å². The molecule has 0 atom stereocenters. The summed E-state index contributed by atoms with van der Waals surface area (Å²) in [7, 11) is 0. The Bertz CT molecular complexity index is 1510. The fourth-order valence-corrected chi connectivity index (χ4v) is 5.63. The quantitative estimate of drug-likeness (QED) is 0.309. The number of likely N-dealkylation sites (tertiary alicyclic amines) is 1. The Morgan fingerprint density at radius 1 is 0.756 bits per heavy atom. The number of anilines is 1. The van der Waals surface area contributed by atoms with Gasteiger partial charge in [0.05, 0.1) is 11.9 Å². The molecular formula is C32H34ClN5O3. The smallest absolute Gasteiger partial charge is 0.316 e. The Morgan fingerprint density at radius 2 is 1.34 bits per heavy atom. The molecule has 0 saturated carbocycles. The van der Waals surface area contributed by atoms with Crippen LogP contribution in [0, 0.1) is 0 Å². The minimum atomic E-state index is -0.330. The lowest BCUT2D eigenvalue weighted by molar-refractivity contribution is 0.215. The maximum atomic E-state index is 13.8. The number of aromatic hydroxyl groups is 1. The van der Waals surface area contributed by atoms with Crippen molar-refractivity contribution in [3.05, 3.63) is 94.4 Å². The molecule has 2 fully saturated rings. The molecule has 0 aliphatic carbocycles. The van der Waals surface area contributed by atoms with Gasteiger partial charge in [-0.25, -0.2) is 0 Å². The van der Waals surface area contributed by atoms with Crippen LogP contribution in [0.4, 0.5) is 5.69 Å². The summed E-state index contributed by atoms with van der Waals surface area (Å²) in [4.78, 5) is 21.1. The molecule has 212 valence electrons. The molecule has 2 saturated heterocycles. The van der Waals surface area contributed by atoms with E-state index >= 15 is 0 Å². The molecular weight excluding hydrogens is 538 g/mol. The van der Waals surface area contributed by atoms with E-state index < -0.39 is 0 Å². The molecule has 0 amide bonds. The van der Waals surface area contributed by atoms with Gasteiger partial charge in [-0.1, -0.05) is 35.9 Å². The summed E-state index contributed by atoms with van der Waals surface area (Å²) in [5.74, 6) is 1.03. The number of benzene rings is 3. The summed E-state index contributed by atoms with van der Waals surface area (Å²) in [6.07, 6.45) is 4.35. The molecule has 3 aromatic carbocycles. The lowest BCUT2D eigenvalue weighted by atomic mass is 10.1. The standard InChI is InChI=1S/C32H34ClN5O3/c33-26-7-9-27(10-8-26)38-32(40)31(41-29-13-5-25(6-14-29)24-3-11-28(39)12-4-24)30(23-34-38)37-21-19-36(20-22-37)18-17-35-15-1-2-16-35/h3-14,23,39H,1-2,15-22H2. The summed E-state index contributed by atoms with van der Waals surface area (Å²) >= 11 is 6.08. The molecule has 1 N–H and O–H groups in total. The van der Waals surface area contributed by atoms with Gasteiger partial charge in [0.2, 0.25) is 5.75 Å². The van der Waals surface area contributed by atoms with Crippen LogP contribution >= 0.6 is 11.6 Å². The first-order chi connectivity index (χ1) is 20.0. The van der Waals surface area contributed by atoms with Crippen LogP contribution in [0.15, 0.2) is 83.8 Å². The fourth-order valence-electron chi connectivity index (χ4n) is 5.51. The Balaban J connectivity index is 1.24. The summed E-state index contributed by atoms with van der Waals surface area (Å²) in [5.41, 5.74) is 2.94. The van der Waals surface area contributed by atoms with E-state index in [9.17, 15) is 9.90 Å². The second-order valence-corrected chi connectivity index (χ2v) is 11.0. The van der Waals surface area contributed by atoms with Gasteiger partial charge in [0.25, 0.3) is 0 Å². The summed E-state index contributed by atoms with van der Waals surface area (Å²) in [5, 5.41) is 14.7. The number of hydrogen-bond donors (Lipinski definition) is 1. The molecule has 0 bridgehead atoms. The Morgan fingerprint density at radius 3 is 1.98 bits per heavy atom. The maximum absolute atomic E-state index is 13.8. The van der Waals surface area contributed by atoms with Crippen molar-refractivity contribution in [2.45, 2.75) is 12.8 Å². The van der Waals surface area contributed by atoms with Crippen LogP contribution in [0.1, 0.15) is 12.8 Å². The van der Waals surface area contributed by atoms with Crippen LogP contribution in [-0.2, 0) is 0 Å². The van der Waals surface area contributed by atoms with E-state index in [-0.39, 0.29) is 17.1 Å². The monoisotopic (exact) mass is 571 g/mol. The first-order valence-electron chi connectivity index (χ1n) is 14.2. The third-order valence-corrected chi connectivity index (χ3v) is 8.16. The lowest BCUT2D eigenvalue weighted by Crippen LogP contribution is -2.48. The van der Waals surface area contributed by atoms with Gasteiger partial charge in [-0.05, 0) is 85.6 Å². The highest BCUT2D eigenvalue weighted by molar-refractivity contribution is 6.30. The van der Waals surface area contributed by atoms with E-state index in [0.29, 0.717) is 22.1 Å². The predicted octanol–water partition coefficient (Wildman–Crippen LogP) is 5.27. The van der Waals surface area contributed by atoms with Gasteiger partial charge < -0.3 is 19.6 Å². The lowest BCUT2D eigenvalue weighted by Gasteiger charge is -2.37. The van der Waals surface area contributed by atoms with E-state index in [2.05, 4.69) is 19.8 Å². The van der Waals surface area contributed by atoms with Crippen molar-refractivity contribution in [3.63, 3.8) is 0 Å². The van der Waals surface area contributed by atoms with Crippen molar-refractivity contribution in [2.75, 3.05) is 57.3 Å². The number of phenols is 1. The predicted molar refractivity (Wildman–Crippen MR) is 163 cm³/mol. The molecule has 2 aliphatic rings.